The van der Waals surface area contributed by atoms with Gasteiger partial charge in [-0.25, -0.2) is 0 Å². The van der Waals surface area contributed by atoms with Gasteiger partial charge in [0.2, 0.25) is 5.91 Å². The zero-order valence-corrected chi connectivity index (χ0v) is 50.7. The third kappa shape index (κ3) is 43.5. The molecule has 0 saturated carbocycles. The van der Waals surface area contributed by atoms with Crippen LogP contribution in [0, 0.1) is 0 Å². The summed E-state index contributed by atoms with van der Waals surface area (Å²) >= 11 is 0. The van der Waals surface area contributed by atoms with Crippen LogP contribution in [0.4, 0.5) is 0 Å². The van der Waals surface area contributed by atoms with Gasteiger partial charge >= 0.3 is 5.97 Å². The van der Waals surface area contributed by atoms with Gasteiger partial charge in [0.15, 0.2) is 12.4 Å². The summed E-state index contributed by atoms with van der Waals surface area (Å²) in [7, 11) is 0. The quantitative estimate of drug-likeness (QED) is 0.0195. The first-order valence-electron chi connectivity index (χ1n) is 32.7. The highest BCUT2D eigenvalue weighted by Gasteiger charge is 2.47. The van der Waals surface area contributed by atoms with Gasteiger partial charge in [-0.2, -0.15) is 0 Å². The molecule has 1 aliphatic heterocycles. The number of nitrogens with one attached hydrogen (secondary N) is 1. The van der Waals surface area contributed by atoms with Crippen molar-refractivity contribution in [3.63, 3.8) is 0 Å². The van der Waals surface area contributed by atoms with Crippen molar-refractivity contribution in [2.75, 3.05) is 13.2 Å². The van der Waals surface area contributed by atoms with E-state index in [1.807, 2.05) is 18.2 Å². The Morgan fingerprint density at radius 2 is 0.873 bits per heavy atom. The van der Waals surface area contributed by atoms with Gasteiger partial charge in [-0.1, -0.05) is 267 Å². The summed E-state index contributed by atoms with van der Waals surface area (Å²) in [5.74, 6) is -1.27. The molecule has 1 heterocycles. The third-order valence-corrected chi connectivity index (χ3v) is 15.1. The van der Waals surface area contributed by atoms with Crippen molar-refractivity contribution < 1.29 is 49.3 Å². The van der Waals surface area contributed by atoms with Crippen LogP contribution in [0.5, 0.6) is 0 Å². The van der Waals surface area contributed by atoms with Crippen LogP contribution >= 0.6 is 0 Å². The smallest absolute Gasteiger partial charge is 0.306 e. The summed E-state index contributed by atoms with van der Waals surface area (Å²) in [5.41, 5.74) is 0. The molecule has 11 heteroatoms. The third-order valence-electron chi connectivity index (χ3n) is 15.1. The first-order chi connectivity index (χ1) is 38.7. The van der Waals surface area contributed by atoms with Crippen molar-refractivity contribution in [2.45, 2.75) is 333 Å². The molecule has 0 bridgehead atoms. The Balaban J connectivity index is 2.64. The lowest BCUT2D eigenvalue weighted by molar-refractivity contribution is -0.305. The van der Waals surface area contributed by atoms with E-state index in [1.165, 1.54) is 167 Å². The van der Waals surface area contributed by atoms with Crippen molar-refractivity contribution in [3.05, 3.63) is 72.9 Å². The summed E-state index contributed by atoms with van der Waals surface area (Å²) in [5, 5.41) is 57.0. The van der Waals surface area contributed by atoms with E-state index in [0.29, 0.717) is 12.8 Å². The van der Waals surface area contributed by atoms with Gasteiger partial charge in [0.25, 0.3) is 0 Å². The Morgan fingerprint density at radius 3 is 1.33 bits per heavy atom. The highest BCUT2D eigenvalue weighted by atomic mass is 16.7. The van der Waals surface area contributed by atoms with Gasteiger partial charge in [-0.15, -0.1) is 0 Å². The number of hydrogen-bond acceptors (Lipinski definition) is 10. The van der Waals surface area contributed by atoms with Gasteiger partial charge in [0.05, 0.1) is 25.4 Å². The predicted octanol–water partition coefficient (Wildman–Crippen LogP) is 16.0. The number of hydrogen-bond donors (Lipinski definition) is 6. The molecule has 6 N–H and O–H groups in total. The highest BCUT2D eigenvalue weighted by Crippen LogP contribution is 2.26. The minimum absolute atomic E-state index is 0.0163. The monoisotopic (exact) mass is 1110 g/mol. The molecule has 0 spiro atoms. The Kier molecular flexibility index (Phi) is 52.2. The number of rotatable bonds is 55. The van der Waals surface area contributed by atoms with Crippen LogP contribution in [-0.2, 0) is 23.8 Å². The lowest BCUT2D eigenvalue weighted by atomic mass is 9.99. The highest BCUT2D eigenvalue weighted by molar-refractivity contribution is 5.80. The summed E-state index contributed by atoms with van der Waals surface area (Å²) in [6.07, 6.45) is 61.0. The molecule has 1 saturated heterocycles. The second-order valence-corrected chi connectivity index (χ2v) is 22.5. The van der Waals surface area contributed by atoms with Crippen LogP contribution in [0.3, 0.4) is 0 Å². The maximum atomic E-state index is 13.5. The first kappa shape index (κ1) is 74.1. The van der Waals surface area contributed by atoms with Crippen molar-refractivity contribution in [2.24, 2.45) is 0 Å². The average molecular weight is 1110 g/mol. The number of amides is 1. The normalized spacial score (nSPS) is 19.3. The van der Waals surface area contributed by atoms with Crippen molar-refractivity contribution in [1.82, 2.24) is 5.32 Å². The molecule has 0 aromatic carbocycles. The molecule has 11 nitrogen and oxygen atoms in total. The fraction of sp³-hybridized carbons (Fsp3) is 0.794. The van der Waals surface area contributed by atoms with Crippen LogP contribution in [-0.4, -0.2) is 99.6 Å². The van der Waals surface area contributed by atoms with Gasteiger partial charge in [0.1, 0.15) is 24.4 Å². The number of ether oxygens (including phenoxy) is 3. The molecule has 0 aliphatic carbocycles. The number of allylic oxidation sites excluding steroid dienone is 11. The molecular formula is C68H121NO10. The standard InChI is InChI=1S/C68H121NO10/c1-4-7-10-13-16-19-22-25-26-27-28-29-30-31-32-33-34-35-38-40-43-46-49-52-55-61(72)67(76)69-59(60(71)54-51-48-45-42-39-36-23-20-17-14-11-8-5-2)58-77-68-66(65(75)64(74)62(57-70)78-68)79-63(73)56-53-50-47-44-41-37-24-21-18-15-12-9-6-3/h16,19,25-26,28-29,37,41,47,50-51,54,59-62,64-66,68,70-72,74-75H,4-15,17-18,20-24,27,30-36,38-40,42-46,48-49,52-53,55-58H2,1-3H3,(H,69,76)/b19-16-,26-25-,29-28-,41-37-,50-47+,54-51+. The first-order valence-corrected chi connectivity index (χ1v) is 32.7. The van der Waals surface area contributed by atoms with E-state index in [2.05, 4.69) is 74.7 Å². The van der Waals surface area contributed by atoms with Crippen LogP contribution in [0.15, 0.2) is 72.9 Å². The molecule has 0 radical (unpaired) electrons. The fourth-order valence-electron chi connectivity index (χ4n) is 9.89. The van der Waals surface area contributed by atoms with E-state index in [1.54, 1.807) is 6.08 Å². The topological polar surface area (TPSA) is 175 Å². The maximum Gasteiger partial charge on any atom is 0.306 e. The molecule has 79 heavy (non-hydrogen) atoms. The Labute approximate surface area is 483 Å². The molecule has 1 fully saturated rings. The van der Waals surface area contributed by atoms with Gasteiger partial charge in [-0.3, -0.25) is 9.59 Å². The summed E-state index contributed by atoms with van der Waals surface area (Å²) in [4.78, 5) is 26.5. The van der Waals surface area contributed by atoms with Crippen LogP contribution in [0.1, 0.15) is 284 Å². The predicted molar refractivity (Wildman–Crippen MR) is 329 cm³/mol. The lowest BCUT2D eigenvalue weighted by Gasteiger charge is -2.41. The largest absolute Gasteiger partial charge is 0.454 e. The van der Waals surface area contributed by atoms with Crippen LogP contribution in [0.25, 0.3) is 0 Å². The van der Waals surface area contributed by atoms with E-state index in [4.69, 9.17) is 14.2 Å². The number of carbonyl (C=O) groups is 2. The van der Waals surface area contributed by atoms with E-state index in [9.17, 15) is 35.1 Å². The average Bonchev–Trinajstić information content (AvgIpc) is 3.48. The fourth-order valence-corrected chi connectivity index (χ4v) is 9.89. The van der Waals surface area contributed by atoms with E-state index in [-0.39, 0.29) is 19.4 Å². The molecular weight excluding hydrogens is 991 g/mol. The second-order valence-electron chi connectivity index (χ2n) is 22.5. The molecule has 458 valence electrons. The molecule has 1 amide bonds. The zero-order valence-electron chi connectivity index (χ0n) is 50.7. The molecule has 1 rings (SSSR count). The van der Waals surface area contributed by atoms with Crippen LogP contribution in [0.2, 0.25) is 0 Å². The van der Waals surface area contributed by atoms with E-state index < -0.39 is 67.4 Å². The summed E-state index contributed by atoms with van der Waals surface area (Å²) in [6.45, 7) is 5.73. The van der Waals surface area contributed by atoms with Crippen molar-refractivity contribution in [1.29, 1.82) is 0 Å². The molecule has 8 atom stereocenters. The van der Waals surface area contributed by atoms with Gasteiger partial charge < -0.3 is 45.1 Å². The van der Waals surface area contributed by atoms with Crippen LogP contribution < -0.4 is 5.32 Å². The van der Waals surface area contributed by atoms with E-state index >= 15 is 0 Å². The Bertz CT molecular complexity index is 1560. The zero-order chi connectivity index (χ0) is 57.5. The lowest BCUT2D eigenvalue weighted by Crippen LogP contribution is -2.61. The molecule has 8 unspecified atom stereocenters. The van der Waals surface area contributed by atoms with Gasteiger partial charge in [0, 0.05) is 6.42 Å². The maximum absolute atomic E-state index is 13.5. The minimum atomic E-state index is -1.64. The van der Waals surface area contributed by atoms with E-state index in [0.717, 1.165) is 70.6 Å². The second kappa shape index (κ2) is 55.6. The number of carbonyl (C=O) groups excluding carboxylic acids is 2. The summed E-state index contributed by atoms with van der Waals surface area (Å²) < 4.78 is 17.6. The Morgan fingerprint density at radius 1 is 0.494 bits per heavy atom. The SMILES string of the molecule is CCCCC/C=C\C/C=C\C/C=C\CCCCCCCCCCCCCC(O)C(=O)NC(COC1OC(CO)C(O)C(O)C1OC(=O)CC/C=C/C/C=C\CCCCCCCC)C(O)/C=C/CCCCCCCCCCCCC. The summed E-state index contributed by atoms with van der Waals surface area (Å²) in [6, 6.07) is -1.04. The number of unbranched alkanes of at least 4 members (excludes halogenated alkanes) is 31. The number of aliphatic hydroxyl groups excluding tert-OH is 5. The van der Waals surface area contributed by atoms with Gasteiger partial charge in [-0.05, 0) is 83.5 Å². The minimum Gasteiger partial charge on any atom is -0.454 e. The number of aliphatic hydroxyl groups is 5. The Hall–Kier alpha value is -2.90. The molecule has 0 aromatic rings. The van der Waals surface area contributed by atoms with Crippen molar-refractivity contribution in [3.8, 4) is 0 Å². The van der Waals surface area contributed by atoms with Crippen molar-refractivity contribution >= 4 is 11.9 Å². The number of esters is 1. The molecule has 1 aliphatic rings. The molecule has 0 aromatic heterocycles.